The molecule has 0 saturated carbocycles. The fraction of sp³-hybridized carbons (Fsp3) is 0.583. The van der Waals surface area contributed by atoms with Gasteiger partial charge in [0.25, 0.3) is 0 Å². The van der Waals surface area contributed by atoms with Gasteiger partial charge >= 0.3 is 0 Å². The Bertz CT molecular complexity index is 391. The third kappa shape index (κ3) is 4.35. The highest BCUT2D eigenvalue weighted by Gasteiger charge is 2.15. The van der Waals surface area contributed by atoms with Crippen molar-refractivity contribution in [1.29, 1.82) is 0 Å². The molecule has 18 heavy (non-hydrogen) atoms. The molecule has 2 rings (SSSR count). The van der Waals surface area contributed by atoms with E-state index < -0.39 is 0 Å². The van der Waals surface area contributed by atoms with E-state index >= 15 is 0 Å². The summed E-state index contributed by atoms with van der Waals surface area (Å²) in [6, 6.07) is 2.10. The highest BCUT2D eigenvalue weighted by Crippen LogP contribution is 2.19. The van der Waals surface area contributed by atoms with E-state index in [9.17, 15) is 4.79 Å². The Kier molecular flexibility index (Phi) is 5.62. The Morgan fingerprint density at radius 2 is 2.28 bits per heavy atom. The summed E-state index contributed by atoms with van der Waals surface area (Å²) in [4.78, 5) is 15.0. The van der Waals surface area contributed by atoms with Crippen LogP contribution in [0.1, 0.15) is 11.3 Å². The number of hydrogen-bond donors (Lipinski definition) is 1. The highest BCUT2D eigenvalue weighted by atomic mass is 79.9. The Hall–Kier alpha value is -0.430. The van der Waals surface area contributed by atoms with Crippen LogP contribution in [0.25, 0.3) is 0 Å². The summed E-state index contributed by atoms with van der Waals surface area (Å²) in [7, 11) is 0. The number of hydrogen-bond acceptors (Lipinski definition) is 4. The summed E-state index contributed by atoms with van der Waals surface area (Å²) >= 11 is 5.14. The van der Waals surface area contributed by atoms with Crippen molar-refractivity contribution >= 4 is 33.2 Å². The minimum absolute atomic E-state index is 0.221. The summed E-state index contributed by atoms with van der Waals surface area (Å²) in [5.41, 5.74) is 0. The molecule has 4 nitrogen and oxygen atoms in total. The Balaban J connectivity index is 1.61. The lowest BCUT2D eigenvalue weighted by Crippen LogP contribution is -2.41. The standard InChI is InChI=1S/C12H17BrN2O2S/c13-10-7-11(18-9-10)8-14-2-1-12(16)15-3-5-17-6-4-15/h7,9,14H,1-6,8H2. The molecule has 1 fully saturated rings. The molecular formula is C12H17BrN2O2S. The van der Waals surface area contributed by atoms with E-state index in [-0.39, 0.29) is 5.91 Å². The third-order valence-corrected chi connectivity index (χ3v) is 4.50. The predicted molar refractivity (Wildman–Crippen MR) is 75.7 cm³/mol. The molecule has 0 atom stereocenters. The zero-order chi connectivity index (χ0) is 12.8. The minimum atomic E-state index is 0.221. The minimum Gasteiger partial charge on any atom is -0.378 e. The SMILES string of the molecule is O=C(CCNCc1cc(Br)cs1)N1CCOCC1. The first-order valence-corrected chi connectivity index (χ1v) is 7.72. The van der Waals surface area contributed by atoms with Crippen LogP contribution in [0.3, 0.4) is 0 Å². The number of morpholine rings is 1. The maximum atomic E-state index is 11.8. The number of ether oxygens (including phenoxy) is 1. The van der Waals surface area contributed by atoms with Gasteiger partial charge in [-0.05, 0) is 22.0 Å². The van der Waals surface area contributed by atoms with Crippen LogP contribution in [0.5, 0.6) is 0 Å². The van der Waals surface area contributed by atoms with Gasteiger partial charge in [-0.25, -0.2) is 0 Å². The second-order valence-corrected chi connectivity index (χ2v) is 6.06. The lowest BCUT2D eigenvalue weighted by atomic mass is 10.3. The van der Waals surface area contributed by atoms with Gasteiger partial charge in [0.15, 0.2) is 0 Å². The first kappa shape index (κ1) is 14.0. The number of halogens is 1. The highest BCUT2D eigenvalue weighted by molar-refractivity contribution is 9.10. The van der Waals surface area contributed by atoms with Gasteiger partial charge in [-0.1, -0.05) is 0 Å². The number of rotatable bonds is 5. The van der Waals surface area contributed by atoms with Gasteiger partial charge in [0.05, 0.1) is 13.2 Å². The van der Waals surface area contributed by atoms with Crippen molar-refractivity contribution in [1.82, 2.24) is 10.2 Å². The normalized spacial score (nSPS) is 15.9. The van der Waals surface area contributed by atoms with E-state index in [2.05, 4.69) is 32.7 Å². The van der Waals surface area contributed by atoms with Crippen LogP contribution >= 0.6 is 27.3 Å². The van der Waals surface area contributed by atoms with Crippen LogP contribution in [0.2, 0.25) is 0 Å². The number of thiophene rings is 1. The molecule has 0 spiro atoms. The zero-order valence-electron chi connectivity index (χ0n) is 10.2. The Morgan fingerprint density at radius 1 is 1.50 bits per heavy atom. The second kappa shape index (κ2) is 7.23. The maximum Gasteiger partial charge on any atom is 0.224 e. The molecule has 0 aliphatic carbocycles. The molecule has 1 aromatic heterocycles. The first-order valence-electron chi connectivity index (χ1n) is 6.05. The topological polar surface area (TPSA) is 41.6 Å². The van der Waals surface area contributed by atoms with Gasteiger partial charge in [-0.2, -0.15) is 0 Å². The molecular weight excluding hydrogens is 316 g/mol. The predicted octanol–water partition coefficient (Wildman–Crippen LogP) is 1.85. The Morgan fingerprint density at radius 3 is 2.94 bits per heavy atom. The lowest BCUT2D eigenvalue weighted by Gasteiger charge is -2.26. The summed E-state index contributed by atoms with van der Waals surface area (Å²) in [5.74, 6) is 0.221. The van der Waals surface area contributed by atoms with Crippen molar-refractivity contribution in [2.45, 2.75) is 13.0 Å². The number of carbonyl (C=O) groups is 1. The van der Waals surface area contributed by atoms with E-state index in [1.165, 1.54) is 4.88 Å². The molecule has 1 aliphatic rings. The monoisotopic (exact) mass is 332 g/mol. The molecule has 0 unspecified atom stereocenters. The first-order chi connectivity index (χ1) is 8.75. The fourth-order valence-corrected chi connectivity index (χ4v) is 3.24. The van der Waals surface area contributed by atoms with Crippen molar-refractivity contribution in [3.05, 3.63) is 20.8 Å². The number of nitrogens with one attached hydrogen (secondary N) is 1. The quantitative estimate of drug-likeness (QED) is 0.836. The van der Waals surface area contributed by atoms with Crippen LogP contribution in [0.4, 0.5) is 0 Å². The van der Waals surface area contributed by atoms with Crippen molar-refractivity contribution in [2.24, 2.45) is 0 Å². The third-order valence-electron chi connectivity index (χ3n) is 2.80. The zero-order valence-corrected chi connectivity index (χ0v) is 12.6. The molecule has 0 bridgehead atoms. The van der Waals surface area contributed by atoms with Crippen LogP contribution in [0.15, 0.2) is 15.9 Å². The van der Waals surface area contributed by atoms with E-state index in [1.54, 1.807) is 11.3 Å². The summed E-state index contributed by atoms with van der Waals surface area (Å²) in [6.45, 7) is 4.36. The maximum absolute atomic E-state index is 11.8. The summed E-state index contributed by atoms with van der Waals surface area (Å²) in [5, 5.41) is 5.36. The number of nitrogens with zero attached hydrogens (tertiary/aromatic N) is 1. The lowest BCUT2D eigenvalue weighted by molar-refractivity contribution is -0.135. The molecule has 1 amide bonds. The van der Waals surface area contributed by atoms with Crippen LogP contribution in [-0.4, -0.2) is 43.7 Å². The van der Waals surface area contributed by atoms with Crippen LogP contribution in [-0.2, 0) is 16.1 Å². The van der Waals surface area contributed by atoms with Gasteiger partial charge < -0.3 is 15.0 Å². The smallest absolute Gasteiger partial charge is 0.224 e. The van der Waals surface area contributed by atoms with E-state index in [0.29, 0.717) is 19.6 Å². The average Bonchev–Trinajstić information content (AvgIpc) is 2.81. The molecule has 0 aromatic carbocycles. The number of amides is 1. The van der Waals surface area contributed by atoms with E-state index in [0.717, 1.165) is 30.7 Å². The van der Waals surface area contributed by atoms with Crippen molar-refractivity contribution in [3.8, 4) is 0 Å². The molecule has 6 heteroatoms. The van der Waals surface area contributed by atoms with Gasteiger partial charge in [0, 0.05) is 47.3 Å². The molecule has 1 N–H and O–H groups in total. The van der Waals surface area contributed by atoms with E-state index in [4.69, 9.17) is 4.74 Å². The van der Waals surface area contributed by atoms with Crippen molar-refractivity contribution in [3.63, 3.8) is 0 Å². The average molecular weight is 333 g/mol. The fourth-order valence-electron chi connectivity index (χ4n) is 1.82. The molecule has 1 aromatic rings. The number of carbonyl (C=O) groups excluding carboxylic acids is 1. The molecule has 2 heterocycles. The van der Waals surface area contributed by atoms with Crippen molar-refractivity contribution < 1.29 is 9.53 Å². The molecule has 0 radical (unpaired) electrons. The van der Waals surface area contributed by atoms with Crippen LogP contribution in [0, 0.1) is 0 Å². The van der Waals surface area contributed by atoms with Gasteiger partial charge in [0.1, 0.15) is 0 Å². The summed E-state index contributed by atoms with van der Waals surface area (Å²) in [6.07, 6.45) is 0.562. The van der Waals surface area contributed by atoms with Gasteiger partial charge in [-0.3, -0.25) is 4.79 Å². The molecule has 1 saturated heterocycles. The van der Waals surface area contributed by atoms with Gasteiger partial charge in [-0.15, -0.1) is 11.3 Å². The largest absolute Gasteiger partial charge is 0.378 e. The molecule has 1 aliphatic heterocycles. The van der Waals surface area contributed by atoms with Crippen LogP contribution < -0.4 is 5.32 Å². The molecule has 100 valence electrons. The van der Waals surface area contributed by atoms with Gasteiger partial charge in [0.2, 0.25) is 5.91 Å². The Labute approximate surface area is 119 Å². The second-order valence-electron chi connectivity index (χ2n) is 4.15. The summed E-state index contributed by atoms with van der Waals surface area (Å²) < 4.78 is 6.34. The van der Waals surface area contributed by atoms with Crippen molar-refractivity contribution in [2.75, 3.05) is 32.8 Å². The van der Waals surface area contributed by atoms with E-state index in [1.807, 2.05) is 4.90 Å².